The van der Waals surface area contributed by atoms with E-state index in [1.165, 1.54) is 2.88 Å². The van der Waals surface area contributed by atoms with Gasteiger partial charge in [0.1, 0.15) is 0 Å². The molecule has 0 saturated carbocycles. The van der Waals surface area contributed by atoms with E-state index in [4.69, 9.17) is 11.0 Å². The van der Waals surface area contributed by atoms with E-state index in [9.17, 15) is 0 Å². The summed E-state index contributed by atoms with van der Waals surface area (Å²) in [7, 11) is 0. The quantitative estimate of drug-likeness (QED) is 0.686. The average Bonchev–Trinajstić information content (AvgIpc) is 2.60. The normalized spacial score (nSPS) is 12.1. The highest BCUT2D eigenvalue weighted by Gasteiger charge is 2.06. The molecule has 0 aliphatic heterocycles. The van der Waals surface area contributed by atoms with Crippen molar-refractivity contribution >= 4 is 39.6 Å². The van der Waals surface area contributed by atoms with Gasteiger partial charge in [0, 0.05) is 10.9 Å². The van der Waals surface area contributed by atoms with Crippen molar-refractivity contribution in [1.82, 2.24) is 0 Å². The van der Waals surface area contributed by atoms with Crippen LogP contribution >= 0.6 is 33.9 Å². The van der Waals surface area contributed by atoms with Gasteiger partial charge < -0.3 is 5.73 Å². The Labute approximate surface area is 102 Å². The molecule has 0 spiro atoms. The lowest BCUT2D eigenvalue weighted by Crippen LogP contribution is -1.99. The van der Waals surface area contributed by atoms with Gasteiger partial charge in [0.15, 0.2) is 0 Å². The minimum Gasteiger partial charge on any atom is -0.397 e. The molecule has 0 fully saturated rings. The van der Waals surface area contributed by atoms with Gasteiger partial charge in [-0.1, -0.05) is 13.3 Å². The number of nitrogens with two attached hydrogens (primary N) is 1. The third kappa shape index (κ3) is 2.72. The molecule has 1 heterocycles. The van der Waals surface area contributed by atoms with Gasteiger partial charge in [-0.05, 0) is 35.1 Å². The van der Waals surface area contributed by atoms with Crippen molar-refractivity contribution in [2.45, 2.75) is 19.8 Å². The molecule has 0 bridgehead atoms. The average molecular weight is 318 g/mol. The molecule has 0 unspecified atom stereocenters. The fourth-order valence-corrected chi connectivity index (χ4v) is 2.47. The standard InChI is InChI=1S/C10H11IN2S/c1-2-3-7(5-12)10(13)8-4-9(11)14-6-8/h4,6H,2-3,13H2,1H3. The van der Waals surface area contributed by atoms with E-state index >= 15 is 0 Å². The van der Waals surface area contributed by atoms with Crippen LogP contribution in [0.1, 0.15) is 25.3 Å². The molecule has 0 saturated heterocycles. The lowest BCUT2D eigenvalue weighted by Gasteiger charge is -2.01. The minimum absolute atomic E-state index is 0.633. The number of hydrogen-bond acceptors (Lipinski definition) is 3. The van der Waals surface area contributed by atoms with Crippen molar-refractivity contribution in [3.8, 4) is 6.07 Å². The highest BCUT2D eigenvalue weighted by Crippen LogP contribution is 2.23. The number of halogens is 1. The molecule has 0 aromatic carbocycles. The van der Waals surface area contributed by atoms with Crippen molar-refractivity contribution in [3.05, 3.63) is 25.5 Å². The molecule has 2 nitrogen and oxygen atoms in total. The van der Waals surface area contributed by atoms with Crippen molar-refractivity contribution in [1.29, 1.82) is 5.26 Å². The zero-order valence-electron chi connectivity index (χ0n) is 7.88. The number of rotatable bonds is 3. The Morgan fingerprint density at radius 3 is 2.86 bits per heavy atom. The smallest absolute Gasteiger partial charge is 0.0968 e. The number of hydrogen-bond donors (Lipinski definition) is 1. The van der Waals surface area contributed by atoms with Crippen molar-refractivity contribution in [3.63, 3.8) is 0 Å². The minimum atomic E-state index is 0.633. The van der Waals surface area contributed by atoms with E-state index in [0.717, 1.165) is 18.4 Å². The Hall–Kier alpha value is -0.540. The summed E-state index contributed by atoms with van der Waals surface area (Å²) in [5.74, 6) is 0. The Balaban J connectivity index is 3.02. The number of thiophene rings is 1. The van der Waals surface area contributed by atoms with Gasteiger partial charge in [0.05, 0.1) is 20.2 Å². The Morgan fingerprint density at radius 1 is 1.71 bits per heavy atom. The molecule has 1 rings (SSSR count). The maximum absolute atomic E-state index is 8.91. The monoisotopic (exact) mass is 318 g/mol. The third-order valence-corrected chi connectivity index (χ3v) is 3.63. The van der Waals surface area contributed by atoms with Gasteiger partial charge in [-0.15, -0.1) is 11.3 Å². The molecule has 0 atom stereocenters. The molecule has 0 aliphatic rings. The van der Waals surface area contributed by atoms with Crippen molar-refractivity contribution in [2.24, 2.45) is 5.73 Å². The highest BCUT2D eigenvalue weighted by atomic mass is 127. The summed E-state index contributed by atoms with van der Waals surface area (Å²) in [5, 5.41) is 10.9. The Bertz CT molecular complexity index is 387. The van der Waals surface area contributed by atoms with E-state index in [0.29, 0.717) is 11.3 Å². The van der Waals surface area contributed by atoms with Gasteiger partial charge >= 0.3 is 0 Å². The van der Waals surface area contributed by atoms with Crippen LogP contribution < -0.4 is 5.73 Å². The van der Waals surface area contributed by atoms with Crippen LogP contribution in [0.25, 0.3) is 5.70 Å². The van der Waals surface area contributed by atoms with Crippen LogP contribution in [0.15, 0.2) is 17.0 Å². The molecule has 1 aromatic rings. The van der Waals surface area contributed by atoms with E-state index < -0.39 is 0 Å². The van der Waals surface area contributed by atoms with Gasteiger partial charge in [-0.25, -0.2) is 0 Å². The number of nitriles is 1. The first-order valence-corrected chi connectivity index (χ1v) is 6.28. The van der Waals surface area contributed by atoms with Crippen LogP contribution in [-0.4, -0.2) is 0 Å². The fourth-order valence-electron chi connectivity index (χ4n) is 1.13. The topological polar surface area (TPSA) is 49.8 Å². The van der Waals surface area contributed by atoms with Gasteiger partial charge in [0.2, 0.25) is 0 Å². The molecular formula is C10H11IN2S. The van der Waals surface area contributed by atoms with Crippen LogP contribution in [0.3, 0.4) is 0 Å². The first kappa shape index (κ1) is 11.5. The predicted molar refractivity (Wildman–Crippen MR) is 68.7 cm³/mol. The largest absolute Gasteiger partial charge is 0.397 e. The molecule has 0 aliphatic carbocycles. The van der Waals surface area contributed by atoms with Crippen LogP contribution in [-0.2, 0) is 0 Å². The molecule has 74 valence electrons. The molecule has 14 heavy (non-hydrogen) atoms. The van der Waals surface area contributed by atoms with E-state index in [2.05, 4.69) is 28.7 Å². The second kappa shape index (κ2) is 5.37. The summed E-state index contributed by atoms with van der Waals surface area (Å²) in [4.78, 5) is 0. The van der Waals surface area contributed by atoms with Crippen LogP contribution in [0.2, 0.25) is 0 Å². The molecular weight excluding hydrogens is 307 g/mol. The summed E-state index contributed by atoms with van der Waals surface area (Å²) in [5.41, 5.74) is 8.21. The molecule has 0 radical (unpaired) electrons. The van der Waals surface area contributed by atoms with E-state index in [-0.39, 0.29) is 0 Å². The SMILES string of the molecule is CCCC(C#N)=C(N)c1csc(I)c1. The fraction of sp³-hybridized carbons (Fsp3) is 0.300. The van der Waals surface area contributed by atoms with Gasteiger partial charge in [0.25, 0.3) is 0 Å². The molecule has 0 amide bonds. The summed E-state index contributed by atoms with van der Waals surface area (Å²) in [6, 6.07) is 4.17. The van der Waals surface area contributed by atoms with E-state index in [1.807, 2.05) is 18.4 Å². The maximum atomic E-state index is 8.91. The van der Waals surface area contributed by atoms with Crippen LogP contribution in [0, 0.1) is 14.2 Å². The predicted octanol–water partition coefficient (Wildman–Crippen LogP) is 3.35. The zero-order chi connectivity index (χ0) is 10.6. The molecule has 4 heteroatoms. The van der Waals surface area contributed by atoms with Crippen molar-refractivity contribution in [2.75, 3.05) is 0 Å². The van der Waals surface area contributed by atoms with Gasteiger partial charge in [-0.3, -0.25) is 0 Å². The van der Waals surface area contributed by atoms with Crippen LogP contribution in [0.4, 0.5) is 0 Å². The summed E-state index contributed by atoms with van der Waals surface area (Å²) >= 11 is 3.89. The number of nitrogens with zero attached hydrogens (tertiary/aromatic N) is 1. The molecule has 1 aromatic heterocycles. The second-order valence-corrected chi connectivity index (χ2v) is 5.70. The Kier molecular flexibility index (Phi) is 4.42. The lowest BCUT2D eigenvalue weighted by molar-refractivity contribution is 0.929. The Morgan fingerprint density at radius 2 is 2.43 bits per heavy atom. The number of allylic oxidation sites excluding steroid dienone is 1. The highest BCUT2D eigenvalue weighted by molar-refractivity contribution is 14.1. The van der Waals surface area contributed by atoms with Crippen LogP contribution in [0.5, 0.6) is 0 Å². The summed E-state index contributed by atoms with van der Waals surface area (Å²) < 4.78 is 1.19. The van der Waals surface area contributed by atoms with E-state index in [1.54, 1.807) is 11.3 Å². The summed E-state index contributed by atoms with van der Waals surface area (Å²) in [6.07, 6.45) is 1.71. The second-order valence-electron chi connectivity index (χ2n) is 2.89. The third-order valence-electron chi connectivity index (χ3n) is 1.84. The first-order valence-electron chi connectivity index (χ1n) is 4.32. The lowest BCUT2D eigenvalue weighted by atomic mass is 10.1. The first-order chi connectivity index (χ1) is 6.69. The zero-order valence-corrected chi connectivity index (χ0v) is 10.9. The maximum Gasteiger partial charge on any atom is 0.0968 e. The molecule has 2 N–H and O–H groups in total. The van der Waals surface area contributed by atoms with Crippen molar-refractivity contribution < 1.29 is 0 Å². The van der Waals surface area contributed by atoms with Gasteiger partial charge in [-0.2, -0.15) is 5.26 Å². The summed E-state index contributed by atoms with van der Waals surface area (Å²) in [6.45, 7) is 2.04.